The number of hydrogen-bond acceptors (Lipinski definition) is 5. The lowest BCUT2D eigenvalue weighted by atomic mass is 10.4. The van der Waals surface area contributed by atoms with Crippen molar-refractivity contribution in [2.75, 3.05) is 0 Å². The molecule has 0 fully saturated rings. The third kappa shape index (κ3) is 2.56. The van der Waals surface area contributed by atoms with Crippen molar-refractivity contribution in [3.8, 4) is 0 Å². The molecular weight excluding hydrogens is 286 g/mol. The first-order valence-corrected chi connectivity index (χ1v) is 7.64. The predicted molar refractivity (Wildman–Crippen MR) is 82.2 cm³/mol. The Bertz CT molecular complexity index is 824. The van der Waals surface area contributed by atoms with Gasteiger partial charge < -0.3 is 0 Å². The molecular formula is C14H15N5OS. The predicted octanol–water partition coefficient (Wildman–Crippen LogP) is 1.84. The van der Waals surface area contributed by atoms with Crippen molar-refractivity contribution in [2.24, 2.45) is 7.05 Å². The average Bonchev–Trinajstić information content (AvgIpc) is 2.88. The molecule has 3 rings (SSSR count). The van der Waals surface area contributed by atoms with E-state index in [0.717, 1.165) is 5.69 Å². The number of aryl methyl sites for hydroxylation is 1. The van der Waals surface area contributed by atoms with E-state index in [0.29, 0.717) is 28.5 Å². The van der Waals surface area contributed by atoms with Crippen molar-refractivity contribution < 1.29 is 0 Å². The van der Waals surface area contributed by atoms with Crippen LogP contribution in [0.2, 0.25) is 0 Å². The molecule has 0 N–H and O–H groups in total. The number of fused-ring (bicyclic) bond motifs is 1. The Hall–Kier alpha value is -2.15. The van der Waals surface area contributed by atoms with Gasteiger partial charge in [0, 0.05) is 25.5 Å². The first kappa shape index (κ1) is 13.8. The molecule has 0 aliphatic rings. The molecule has 3 aromatic heterocycles. The van der Waals surface area contributed by atoms with Gasteiger partial charge in [-0.2, -0.15) is 5.10 Å². The molecule has 0 aromatic carbocycles. The summed E-state index contributed by atoms with van der Waals surface area (Å²) >= 11 is 1.52. The molecule has 0 atom stereocenters. The molecule has 0 aliphatic carbocycles. The van der Waals surface area contributed by atoms with E-state index < -0.39 is 0 Å². The minimum absolute atomic E-state index is 0.0500. The van der Waals surface area contributed by atoms with E-state index in [-0.39, 0.29) is 5.56 Å². The lowest BCUT2D eigenvalue weighted by Gasteiger charge is -2.09. The Labute approximate surface area is 125 Å². The third-order valence-electron chi connectivity index (χ3n) is 3.21. The van der Waals surface area contributed by atoms with Crippen molar-refractivity contribution in [2.45, 2.75) is 24.4 Å². The molecule has 0 spiro atoms. The Kier molecular flexibility index (Phi) is 3.74. The maximum atomic E-state index is 12.5. The van der Waals surface area contributed by atoms with E-state index in [2.05, 4.69) is 15.1 Å². The van der Waals surface area contributed by atoms with Gasteiger partial charge in [0.1, 0.15) is 5.52 Å². The van der Waals surface area contributed by atoms with Crippen molar-refractivity contribution >= 4 is 22.8 Å². The molecule has 3 aromatic rings. The number of hydrogen-bond donors (Lipinski definition) is 0. The van der Waals surface area contributed by atoms with Crippen LogP contribution in [-0.2, 0) is 19.3 Å². The average molecular weight is 301 g/mol. The van der Waals surface area contributed by atoms with Crippen LogP contribution in [0.15, 0.2) is 40.5 Å². The molecule has 0 bridgehead atoms. The number of aromatic nitrogens is 5. The number of pyridine rings is 1. The van der Waals surface area contributed by atoms with Crippen molar-refractivity contribution in [3.05, 3.63) is 46.6 Å². The van der Waals surface area contributed by atoms with E-state index in [9.17, 15) is 4.79 Å². The highest BCUT2D eigenvalue weighted by Crippen LogP contribution is 2.20. The Morgan fingerprint density at radius 2 is 2.19 bits per heavy atom. The van der Waals surface area contributed by atoms with Crippen molar-refractivity contribution in [1.29, 1.82) is 0 Å². The van der Waals surface area contributed by atoms with E-state index in [1.165, 1.54) is 11.8 Å². The second-order valence-electron chi connectivity index (χ2n) is 4.56. The monoisotopic (exact) mass is 301 g/mol. The van der Waals surface area contributed by atoms with Gasteiger partial charge in [-0.1, -0.05) is 17.8 Å². The van der Waals surface area contributed by atoms with Crippen molar-refractivity contribution in [3.63, 3.8) is 0 Å². The summed E-state index contributed by atoms with van der Waals surface area (Å²) in [5, 5.41) is 4.81. The zero-order valence-electron chi connectivity index (χ0n) is 11.9. The van der Waals surface area contributed by atoms with Crippen LogP contribution >= 0.6 is 11.8 Å². The van der Waals surface area contributed by atoms with Gasteiger partial charge in [0.2, 0.25) is 0 Å². The summed E-state index contributed by atoms with van der Waals surface area (Å²) in [4.78, 5) is 21.4. The minimum Gasteiger partial charge on any atom is -0.286 e. The Morgan fingerprint density at radius 3 is 2.90 bits per heavy atom. The Balaban J connectivity index is 2.00. The largest absolute Gasteiger partial charge is 0.286 e. The fraction of sp³-hybridized carbons (Fsp3) is 0.286. The molecule has 0 radical (unpaired) electrons. The standard InChI is InChI=1S/C14H15N5OS/c1-3-19-13(20)12-11(8-16-18(12)2)17-14(19)21-9-10-6-4-5-7-15-10/h4-8H,3,9H2,1-2H3. The van der Waals surface area contributed by atoms with Gasteiger partial charge >= 0.3 is 0 Å². The van der Waals surface area contributed by atoms with Gasteiger partial charge in [-0.05, 0) is 19.1 Å². The fourth-order valence-electron chi connectivity index (χ4n) is 2.14. The maximum Gasteiger partial charge on any atom is 0.280 e. The molecule has 0 saturated heterocycles. The highest BCUT2D eigenvalue weighted by atomic mass is 32.2. The molecule has 108 valence electrons. The van der Waals surface area contributed by atoms with Gasteiger partial charge in [-0.25, -0.2) is 4.98 Å². The lowest BCUT2D eigenvalue weighted by molar-refractivity contribution is 0.629. The summed E-state index contributed by atoms with van der Waals surface area (Å²) in [6, 6.07) is 5.80. The number of thioether (sulfide) groups is 1. The molecule has 0 amide bonds. The van der Waals surface area contributed by atoms with E-state index in [4.69, 9.17) is 0 Å². The molecule has 0 unspecified atom stereocenters. The van der Waals surface area contributed by atoms with E-state index >= 15 is 0 Å². The third-order valence-corrected chi connectivity index (χ3v) is 4.22. The molecule has 0 aliphatic heterocycles. The first-order valence-electron chi connectivity index (χ1n) is 6.66. The summed E-state index contributed by atoms with van der Waals surface area (Å²) < 4.78 is 3.25. The number of rotatable bonds is 4. The topological polar surface area (TPSA) is 65.6 Å². The summed E-state index contributed by atoms with van der Waals surface area (Å²) in [6.07, 6.45) is 3.39. The van der Waals surface area contributed by atoms with Gasteiger partial charge in [0.05, 0.1) is 11.9 Å². The zero-order chi connectivity index (χ0) is 14.8. The van der Waals surface area contributed by atoms with E-state index in [1.54, 1.807) is 28.7 Å². The molecule has 7 heteroatoms. The SMILES string of the molecule is CCn1c(SCc2ccccn2)nc2cnn(C)c2c1=O. The smallest absolute Gasteiger partial charge is 0.280 e. The normalized spacial score (nSPS) is 11.1. The van der Waals surface area contributed by atoms with Crippen LogP contribution < -0.4 is 5.56 Å². The van der Waals surface area contributed by atoms with Gasteiger partial charge in [-0.15, -0.1) is 0 Å². The second kappa shape index (κ2) is 5.69. The molecule has 6 nitrogen and oxygen atoms in total. The Morgan fingerprint density at radius 1 is 1.33 bits per heavy atom. The summed E-state index contributed by atoms with van der Waals surface area (Å²) in [6.45, 7) is 2.52. The quantitative estimate of drug-likeness (QED) is 0.543. The molecule has 0 saturated carbocycles. The first-order chi connectivity index (χ1) is 10.2. The highest BCUT2D eigenvalue weighted by molar-refractivity contribution is 7.98. The second-order valence-corrected chi connectivity index (χ2v) is 5.50. The van der Waals surface area contributed by atoms with Crippen LogP contribution in [0, 0.1) is 0 Å². The molecule has 21 heavy (non-hydrogen) atoms. The van der Waals surface area contributed by atoms with E-state index in [1.807, 2.05) is 25.1 Å². The lowest BCUT2D eigenvalue weighted by Crippen LogP contribution is -2.23. The van der Waals surface area contributed by atoms with Crippen LogP contribution in [0.4, 0.5) is 0 Å². The zero-order valence-corrected chi connectivity index (χ0v) is 12.7. The minimum atomic E-state index is -0.0500. The van der Waals surface area contributed by atoms with Gasteiger partial charge in [-0.3, -0.25) is 19.0 Å². The van der Waals surface area contributed by atoms with Gasteiger partial charge in [0.25, 0.3) is 5.56 Å². The summed E-state index contributed by atoms with van der Waals surface area (Å²) in [7, 11) is 1.76. The maximum absolute atomic E-state index is 12.5. The van der Waals surface area contributed by atoms with Crippen LogP contribution in [0.25, 0.3) is 11.0 Å². The van der Waals surface area contributed by atoms with Crippen LogP contribution in [0.1, 0.15) is 12.6 Å². The fourth-order valence-corrected chi connectivity index (χ4v) is 3.12. The highest BCUT2D eigenvalue weighted by Gasteiger charge is 2.13. The van der Waals surface area contributed by atoms with Crippen LogP contribution in [0.3, 0.4) is 0 Å². The number of nitrogens with zero attached hydrogens (tertiary/aromatic N) is 5. The van der Waals surface area contributed by atoms with Crippen LogP contribution in [-0.4, -0.2) is 24.3 Å². The summed E-state index contributed by atoms with van der Waals surface area (Å²) in [5.41, 5.74) is 2.09. The van der Waals surface area contributed by atoms with Gasteiger partial charge in [0.15, 0.2) is 10.7 Å². The van der Waals surface area contributed by atoms with Crippen LogP contribution in [0.5, 0.6) is 0 Å². The van der Waals surface area contributed by atoms with Crippen molar-refractivity contribution in [1.82, 2.24) is 24.3 Å². The molecule has 3 heterocycles. The summed E-state index contributed by atoms with van der Waals surface area (Å²) in [5.74, 6) is 0.680.